The molecule has 0 bridgehead atoms. The number of benzene rings is 1. The van der Waals surface area contributed by atoms with Gasteiger partial charge in [0.1, 0.15) is 17.9 Å². The molecule has 4 heteroatoms. The molecular formula is C16H23NO3. The summed E-state index contributed by atoms with van der Waals surface area (Å²) in [7, 11) is 0. The number of likely N-dealkylation sites (N-methyl/N-ethyl adjacent to an activating group) is 1. The summed E-state index contributed by atoms with van der Waals surface area (Å²) in [5.41, 5.74) is 1.32. The van der Waals surface area contributed by atoms with Gasteiger partial charge in [0.15, 0.2) is 0 Å². The molecular weight excluding hydrogens is 254 g/mol. The van der Waals surface area contributed by atoms with Crippen molar-refractivity contribution in [1.82, 2.24) is 4.90 Å². The third kappa shape index (κ3) is 4.37. The first-order chi connectivity index (χ1) is 9.28. The molecule has 0 radical (unpaired) electrons. The van der Waals surface area contributed by atoms with Gasteiger partial charge in [-0.05, 0) is 40.2 Å². The molecule has 1 aromatic carbocycles. The lowest BCUT2D eigenvalue weighted by Gasteiger charge is -2.30. The maximum atomic E-state index is 12.2. The van der Waals surface area contributed by atoms with Gasteiger partial charge in [-0.1, -0.05) is 29.8 Å². The standard InChI is InChI=1S/C16H23NO3/c1-6-17(15(19)20-16(3,4)5)14(11-18)13-9-7-12(2)8-10-13/h7-11,14H,6H2,1-5H3. The van der Waals surface area contributed by atoms with Gasteiger partial charge in [-0.3, -0.25) is 4.90 Å². The fourth-order valence-electron chi connectivity index (χ4n) is 1.86. The van der Waals surface area contributed by atoms with Gasteiger partial charge in [0.05, 0.1) is 0 Å². The van der Waals surface area contributed by atoms with E-state index in [4.69, 9.17) is 4.74 Å². The minimum absolute atomic E-state index is 0.409. The van der Waals surface area contributed by atoms with Crippen molar-refractivity contribution in [3.05, 3.63) is 35.4 Å². The van der Waals surface area contributed by atoms with Gasteiger partial charge >= 0.3 is 6.09 Å². The Morgan fingerprint density at radius 1 is 1.30 bits per heavy atom. The summed E-state index contributed by atoms with van der Waals surface area (Å²) in [6.07, 6.45) is 0.302. The first kappa shape index (κ1) is 16.2. The van der Waals surface area contributed by atoms with Crippen LogP contribution in [0.3, 0.4) is 0 Å². The molecule has 4 nitrogen and oxygen atoms in total. The minimum Gasteiger partial charge on any atom is -0.444 e. The number of aldehydes is 1. The third-order valence-corrected chi connectivity index (χ3v) is 2.85. The van der Waals surface area contributed by atoms with Crippen LogP contribution in [0.2, 0.25) is 0 Å². The second-order valence-corrected chi connectivity index (χ2v) is 5.76. The first-order valence-corrected chi connectivity index (χ1v) is 6.80. The lowest BCUT2D eigenvalue weighted by molar-refractivity contribution is -0.112. The largest absolute Gasteiger partial charge is 0.444 e. The molecule has 0 aromatic heterocycles. The fourth-order valence-corrected chi connectivity index (χ4v) is 1.86. The van der Waals surface area contributed by atoms with Gasteiger partial charge in [-0.25, -0.2) is 4.79 Å². The zero-order chi connectivity index (χ0) is 15.3. The number of ether oxygens (including phenoxy) is 1. The second-order valence-electron chi connectivity index (χ2n) is 5.76. The number of rotatable bonds is 4. The number of carbonyl (C=O) groups is 2. The smallest absolute Gasteiger partial charge is 0.411 e. The number of aryl methyl sites for hydroxylation is 1. The van der Waals surface area contributed by atoms with Crippen molar-refractivity contribution in [1.29, 1.82) is 0 Å². The van der Waals surface area contributed by atoms with Gasteiger partial charge in [0.2, 0.25) is 0 Å². The van der Waals surface area contributed by atoms with Crippen molar-refractivity contribution < 1.29 is 14.3 Å². The summed E-state index contributed by atoms with van der Waals surface area (Å²) in [5, 5.41) is 0. The van der Waals surface area contributed by atoms with Crippen molar-refractivity contribution >= 4 is 12.4 Å². The normalized spacial score (nSPS) is 12.7. The average molecular weight is 277 g/mol. The fraction of sp³-hybridized carbons (Fsp3) is 0.500. The van der Waals surface area contributed by atoms with Gasteiger partial charge in [-0.2, -0.15) is 0 Å². The molecule has 0 aliphatic rings. The quantitative estimate of drug-likeness (QED) is 0.791. The molecule has 0 spiro atoms. The first-order valence-electron chi connectivity index (χ1n) is 6.80. The highest BCUT2D eigenvalue weighted by Crippen LogP contribution is 2.21. The molecule has 0 saturated carbocycles. The molecule has 0 aliphatic carbocycles. The Hall–Kier alpha value is -1.84. The summed E-state index contributed by atoms with van der Waals surface area (Å²) in [6, 6.07) is 6.96. The van der Waals surface area contributed by atoms with Crippen LogP contribution >= 0.6 is 0 Å². The molecule has 1 atom stereocenters. The molecule has 110 valence electrons. The van der Waals surface area contributed by atoms with Crippen LogP contribution in [0, 0.1) is 6.92 Å². The van der Waals surface area contributed by atoms with E-state index in [0.29, 0.717) is 6.54 Å². The van der Waals surface area contributed by atoms with E-state index >= 15 is 0 Å². The SMILES string of the molecule is CCN(C(=O)OC(C)(C)C)C(C=O)c1ccc(C)cc1. The maximum absolute atomic E-state index is 12.2. The Labute approximate surface area is 120 Å². The van der Waals surface area contributed by atoms with Gasteiger partial charge in [-0.15, -0.1) is 0 Å². The predicted molar refractivity (Wildman–Crippen MR) is 78.6 cm³/mol. The van der Waals surface area contributed by atoms with Crippen LogP contribution < -0.4 is 0 Å². The average Bonchev–Trinajstić information content (AvgIpc) is 2.34. The van der Waals surface area contributed by atoms with Gasteiger partial charge in [0.25, 0.3) is 0 Å². The van der Waals surface area contributed by atoms with Crippen molar-refractivity contribution in [3.63, 3.8) is 0 Å². The van der Waals surface area contributed by atoms with Crippen LogP contribution in [0.5, 0.6) is 0 Å². The maximum Gasteiger partial charge on any atom is 0.411 e. The van der Waals surface area contributed by atoms with Crippen molar-refractivity contribution in [2.75, 3.05) is 6.54 Å². The highest BCUT2D eigenvalue weighted by atomic mass is 16.6. The van der Waals surface area contributed by atoms with Crippen LogP contribution in [0.1, 0.15) is 44.9 Å². The number of hydrogen-bond acceptors (Lipinski definition) is 3. The molecule has 1 rings (SSSR count). The van der Waals surface area contributed by atoms with E-state index in [9.17, 15) is 9.59 Å². The molecule has 1 aromatic rings. The van der Waals surface area contributed by atoms with E-state index in [2.05, 4.69) is 0 Å². The highest BCUT2D eigenvalue weighted by molar-refractivity contribution is 5.75. The number of amides is 1. The summed E-state index contributed by atoms with van der Waals surface area (Å²) < 4.78 is 5.35. The molecule has 1 unspecified atom stereocenters. The summed E-state index contributed by atoms with van der Waals surface area (Å²) in [6.45, 7) is 9.63. The Kier molecular flexibility index (Phi) is 5.31. The zero-order valence-corrected chi connectivity index (χ0v) is 12.8. The van der Waals surface area contributed by atoms with Crippen LogP contribution in [-0.4, -0.2) is 29.4 Å². The van der Waals surface area contributed by atoms with Crippen molar-refractivity contribution in [2.24, 2.45) is 0 Å². The Morgan fingerprint density at radius 2 is 1.85 bits per heavy atom. The Balaban J connectivity index is 2.98. The molecule has 0 saturated heterocycles. The number of nitrogens with zero attached hydrogens (tertiary/aromatic N) is 1. The number of hydrogen-bond donors (Lipinski definition) is 0. The van der Waals surface area contributed by atoms with Crippen LogP contribution in [0.4, 0.5) is 4.79 Å². The van der Waals surface area contributed by atoms with E-state index in [1.165, 1.54) is 4.90 Å². The van der Waals surface area contributed by atoms with E-state index in [-0.39, 0.29) is 0 Å². The second kappa shape index (κ2) is 6.55. The lowest BCUT2D eigenvalue weighted by Crippen LogP contribution is -2.39. The van der Waals surface area contributed by atoms with Crippen molar-refractivity contribution in [2.45, 2.75) is 46.3 Å². The molecule has 0 N–H and O–H groups in total. The van der Waals surface area contributed by atoms with Gasteiger partial charge in [0, 0.05) is 6.54 Å². The van der Waals surface area contributed by atoms with E-state index < -0.39 is 17.7 Å². The zero-order valence-electron chi connectivity index (χ0n) is 12.8. The third-order valence-electron chi connectivity index (χ3n) is 2.85. The molecule has 0 fully saturated rings. The highest BCUT2D eigenvalue weighted by Gasteiger charge is 2.27. The summed E-state index contributed by atoms with van der Waals surface area (Å²) >= 11 is 0. The summed E-state index contributed by atoms with van der Waals surface area (Å²) in [5.74, 6) is 0. The lowest BCUT2D eigenvalue weighted by atomic mass is 10.1. The molecule has 0 aliphatic heterocycles. The van der Waals surface area contributed by atoms with Crippen molar-refractivity contribution in [3.8, 4) is 0 Å². The van der Waals surface area contributed by atoms with Crippen LogP contribution in [0.25, 0.3) is 0 Å². The molecule has 1 amide bonds. The van der Waals surface area contributed by atoms with E-state index in [1.807, 2.05) is 38.1 Å². The van der Waals surface area contributed by atoms with Gasteiger partial charge < -0.3 is 9.53 Å². The molecule has 20 heavy (non-hydrogen) atoms. The monoisotopic (exact) mass is 277 g/mol. The topological polar surface area (TPSA) is 46.6 Å². The predicted octanol–water partition coefficient (Wildman–Crippen LogP) is 3.49. The Bertz CT molecular complexity index is 460. The van der Waals surface area contributed by atoms with Crippen LogP contribution in [0.15, 0.2) is 24.3 Å². The minimum atomic E-state index is -0.615. The number of carbonyl (C=O) groups excluding carboxylic acids is 2. The Morgan fingerprint density at radius 3 is 2.25 bits per heavy atom. The van der Waals surface area contributed by atoms with Crippen LogP contribution in [-0.2, 0) is 9.53 Å². The summed E-state index contributed by atoms with van der Waals surface area (Å²) in [4.78, 5) is 25.0. The van der Waals surface area contributed by atoms with E-state index in [1.54, 1.807) is 20.8 Å². The molecule has 0 heterocycles. The van der Waals surface area contributed by atoms with E-state index in [0.717, 1.165) is 17.4 Å².